The van der Waals surface area contributed by atoms with E-state index in [1.807, 2.05) is 32.9 Å². The Hall–Kier alpha value is -3.68. The molecule has 0 saturated carbocycles. The normalized spacial score (nSPS) is 12.3. The van der Waals surface area contributed by atoms with Gasteiger partial charge in [0.2, 0.25) is 0 Å². The summed E-state index contributed by atoms with van der Waals surface area (Å²) in [5.41, 5.74) is 2.18. The molecule has 0 bridgehead atoms. The lowest BCUT2D eigenvalue weighted by molar-refractivity contribution is 0.262. The molecule has 2 amide bonds. The van der Waals surface area contributed by atoms with E-state index in [1.54, 1.807) is 31.4 Å². The average Bonchev–Trinajstić information content (AvgIpc) is 3.15. The monoisotopic (exact) mass is 411 g/mol. The Labute approximate surface area is 176 Å². The molecule has 8 heteroatoms. The third-order valence-electron chi connectivity index (χ3n) is 4.05. The number of aromatic nitrogens is 1. The van der Waals surface area contributed by atoms with Gasteiger partial charge in [0, 0.05) is 30.4 Å². The maximum Gasteiger partial charge on any atom is 0.324 e. The van der Waals surface area contributed by atoms with Gasteiger partial charge >= 0.3 is 6.03 Å². The highest BCUT2D eigenvalue weighted by molar-refractivity contribution is 5.99. The fraction of sp³-hybridized carbons (Fsp3) is 0.273. The standard InChI is InChI=1S/C22H29N5O3/c1-6-7-17(28)13-24-14-18(23-5)15-8-10-16(11-9-15)25-21(29)26-20-12-19(30-27-20)22(2,3)4/h6-12,14,23-24,28H,1,13H2,2-5H3,(H2,25,26,27,29)/b17-7+,18-14-. The number of carbonyl (C=O) groups is 1. The first-order valence-electron chi connectivity index (χ1n) is 9.50. The Bertz CT molecular complexity index is 921. The highest BCUT2D eigenvalue weighted by atomic mass is 16.5. The largest absolute Gasteiger partial charge is 0.510 e. The van der Waals surface area contributed by atoms with Gasteiger partial charge < -0.3 is 25.6 Å². The SMILES string of the molecule is C=C/C=C(/O)CN/C=C(\NC)c1ccc(NC(=O)Nc2cc(C(C)(C)C)on2)cc1. The van der Waals surface area contributed by atoms with Gasteiger partial charge in [-0.1, -0.05) is 50.7 Å². The Morgan fingerprint density at radius 1 is 1.23 bits per heavy atom. The molecule has 0 atom stereocenters. The zero-order chi connectivity index (χ0) is 22.1. The van der Waals surface area contributed by atoms with Crippen LogP contribution >= 0.6 is 0 Å². The van der Waals surface area contributed by atoms with Crippen molar-refractivity contribution in [3.05, 3.63) is 72.3 Å². The summed E-state index contributed by atoms with van der Waals surface area (Å²) in [5, 5.41) is 25.0. The topological polar surface area (TPSA) is 111 Å². The second-order valence-corrected chi connectivity index (χ2v) is 7.57. The minimum atomic E-state index is -0.410. The molecule has 8 nitrogen and oxygen atoms in total. The number of aliphatic hydroxyl groups is 1. The smallest absolute Gasteiger partial charge is 0.324 e. The van der Waals surface area contributed by atoms with Crippen LogP contribution in [0, 0.1) is 0 Å². The number of benzene rings is 1. The van der Waals surface area contributed by atoms with E-state index in [4.69, 9.17) is 4.52 Å². The van der Waals surface area contributed by atoms with Crippen LogP contribution in [0.5, 0.6) is 0 Å². The quantitative estimate of drug-likeness (QED) is 0.326. The van der Waals surface area contributed by atoms with Crippen LogP contribution in [0.15, 0.2) is 65.5 Å². The molecule has 0 aliphatic carbocycles. The number of hydrogen-bond acceptors (Lipinski definition) is 6. The Kier molecular flexibility index (Phi) is 7.69. The molecule has 2 rings (SSSR count). The van der Waals surface area contributed by atoms with Crippen molar-refractivity contribution >= 4 is 23.2 Å². The number of nitrogens with one attached hydrogen (secondary N) is 4. The number of amides is 2. The van der Waals surface area contributed by atoms with E-state index in [9.17, 15) is 9.90 Å². The van der Waals surface area contributed by atoms with Crippen molar-refractivity contribution in [3.63, 3.8) is 0 Å². The van der Waals surface area contributed by atoms with Gasteiger partial charge in [-0.15, -0.1) is 0 Å². The van der Waals surface area contributed by atoms with Crippen molar-refractivity contribution in [2.75, 3.05) is 24.2 Å². The second-order valence-electron chi connectivity index (χ2n) is 7.57. The van der Waals surface area contributed by atoms with Gasteiger partial charge in [0.1, 0.15) is 11.5 Å². The summed E-state index contributed by atoms with van der Waals surface area (Å²) in [6, 6.07) is 8.62. The number of urea groups is 1. The van der Waals surface area contributed by atoms with E-state index in [2.05, 4.69) is 33.0 Å². The fourth-order valence-corrected chi connectivity index (χ4v) is 2.45. The highest BCUT2D eigenvalue weighted by Crippen LogP contribution is 2.24. The minimum absolute atomic E-state index is 0.184. The molecular weight excluding hydrogens is 382 g/mol. The van der Waals surface area contributed by atoms with E-state index < -0.39 is 6.03 Å². The molecule has 160 valence electrons. The summed E-state index contributed by atoms with van der Waals surface area (Å²) in [6.45, 7) is 9.83. The van der Waals surface area contributed by atoms with Gasteiger partial charge in [-0.25, -0.2) is 4.79 Å². The zero-order valence-electron chi connectivity index (χ0n) is 17.7. The van der Waals surface area contributed by atoms with Gasteiger partial charge in [0.05, 0.1) is 12.2 Å². The first-order valence-corrected chi connectivity index (χ1v) is 9.50. The Morgan fingerprint density at radius 3 is 2.50 bits per heavy atom. The molecule has 0 saturated heterocycles. The summed E-state index contributed by atoms with van der Waals surface area (Å²) < 4.78 is 5.26. The van der Waals surface area contributed by atoms with E-state index in [1.165, 1.54) is 12.2 Å². The van der Waals surface area contributed by atoms with Crippen LogP contribution in [0.4, 0.5) is 16.3 Å². The van der Waals surface area contributed by atoms with E-state index in [0.29, 0.717) is 17.3 Å². The lowest BCUT2D eigenvalue weighted by Gasteiger charge is -2.12. The molecule has 2 aromatic rings. The van der Waals surface area contributed by atoms with Crippen molar-refractivity contribution in [3.8, 4) is 0 Å². The molecule has 0 fully saturated rings. The number of aliphatic hydroxyl groups excluding tert-OH is 1. The predicted octanol–water partition coefficient (Wildman–Crippen LogP) is 4.35. The summed E-state index contributed by atoms with van der Waals surface area (Å²) in [6.07, 6.45) is 4.81. The number of nitrogens with zero attached hydrogens (tertiary/aromatic N) is 1. The zero-order valence-corrected chi connectivity index (χ0v) is 17.7. The van der Waals surface area contributed by atoms with E-state index in [0.717, 1.165) is 11.3 Å². The molecule has 30 heavy (non-hydrogen) atoms. The molecule has 1 heterocycles. The maximum atomic E-state index is 12.2. The first kappa shape index (κ1) is 22.6. The number of hydrogen-bond donors (Lipinski definition) is 5. The van der Waals surface area contributed by atoms with Gasteiger partial charge in [-0.2, -0.15) is 0 Å². The second kappa shape index (κ2) is 10.2. The lowest BCUT2D eigenvalue weighted by Crippen LogP contribution is -2.19. The average molecular weight is 412 g/mol. The number of allylic oxidation sites excluding steroid dienone is 2. The third kappa shape index (κ3) is 6.73. The summed E-state index contributed by atoms with van der Waals surface area (Å²) in [5.74, 6) is 1.23. The van der Waals surface area contributed by atoms with Crippen molar-refractivity contribution in [1.82, 2.24) is 15.8 Å². The molecule has 0 aliphatic heterocycles. The molecule has 1 aromatic carbocycles. The van der Waals surface area contributed by atoms with E-state index >= 15 is 0 Å². The maximum absolute atomic E-state index is 12.2. The molecule has 0 aliphatic rings. The molecule has 1 aromatic heterocycles. The number of anilines is 2. The van der Waals surface area contributed by atoms with Gasteiger partial charge in [0.15, 0.2) is 5.82 Å². The number of carbonyl (C=O) groups excluding carboxylic acids is 1. The van der Waals surface area contributed by atoms with Crippen molar-refractivity contribution < 1.29 is 14.4 Å². The predicted molar refractivity (Wildman–Crippen MR) is 120 cm³/mol. The van der Waals surface area contributed by atoms with Gasteiger partial charge in [-0.05, 0) is 23.8 Å². The molecule has 0 unspecified atom stereocenters. The van der Waals surface area contributed by atoms with Crippen LogP contribution in [-0.2, 0) is 5.41 Å². The van der Waals surface area contributed by atoms with Gasteiger partial charge in [0.25, 0.3) is 0 Å². The molecular formula is C22H29N5O3. The first-order chi connectivity index (χ1) is 14.2. The van der Waals surface area contributed by atoms with Crippen molar-refractivity contribution in [2.24, 2.45) is 0 Å². The van der Waals surface area contributed by atoms with Gasteiger partial charge in [-0.3, -0.25) is 5.32 Å². The van der Waals surface area contributed by atoms with Crippen LogP contribution in [0.1, 0.15) is 32.1 Å². The Balaban J connectivity index is 1.95. The minimum Gasteiger partial charge on any atom is -0.510 e. The van der Waals surface area contributed by atoms with Crippen LogP contribution in [0.25, 0.3) is 5.70 Å². The summed E-state index contributed by atoms with van der Waals surface area (Å²) in [7, 11) is 1.80. The molecule has 0 spiro atoms. The van der Waals surface area contributed by atoms with Crippen molar-refractivity contribution in [2.45, 2.75) is 26.2 Å². The van der Waals surface area contributed by atoms with Crippen LogP contribution in [0.2, 0.25) is 0 Å². The van der Waals surface area contributed by atoms with E-state index in [-0.39, 0.29) is 17.7 Å². The van der Waals surface area contributed by atoms with Crippen LogP contribution in [0.3, 0.4) is 0 Å². The molecule has 0 radical (unpaired) electrons. The van der Waals surface area contributed by atoms with Crippen LogP contribution < -0.4 is 21.3 Å². The Morgan fingerprint density at radius 2 is 1.93 bits per heavy atom. The highest BCUT2D eigenvalue weighted by Gasteiger charge is 2.20. The molecule has 5 N–H and O–H groups in total. The summed E-state index contributed by atoms with van der Waals surface area (Å²) in [4.78, 5) is 12.2. The van der Waals surface area contributed by atoms with Crippen LogP contribution in [-0.4, -0.2) is 29.9 Å². The lowest BCUT2D eigenvalue weighted by atomic mass is 9.93. The summed E-state index contributed by atoms with van der Waals surface area (Å²) >= 11 is 0. The fourth-order valence-electron chi connectivity index (χ4n) is 2.45. The van der Waals surface area contributed by atoms with Crippen molar-refractivity contribution in [1.29, 1.82) is 0 Å². The third-order valence-corrected chi connectivity index (χ3v) is 4.05. The number of rotatable bonds is 8.